The standard InChI is InChI=1S/C30H35Cl2N3O4S/c1-5-6-16-33-30(37)23(4)34(19-24-13-14-25(31)18-28(24)32)29(36)20-35(26-15-12-21(2)22(3)17-26)40(38,39)27-10-8-7-9-11-27/h7-15,17-18,23H,5-6,16,19-20H2,1-4H3,(H,33,37)/t23-/m0/s1. The first-order valence-corrected chi connectivity index (χ1v) is 15.3. The van der Waals surface area contributed by atoms with Crippen molar-refractivity contribution < 1.29 is 18.0 Å². The third kappa shape index (κ3) is 7.77. The van der Waals surface area contributed by atoms with Crippen molar-refractivity contribution in [1.82, 2.24) is 10.2 Å². The molecular weight excluding hydrogens is 569 g/mol. The fourth-order valence-corrected chi connectivity index (χ4v) is 5.98. The van der Waals surface area contributed by atoms with Gasteiger partial charge in [-0.1, -0.05) is 66.9 Å². The third-order valence-electron chi connectivity index (χ3n) is 6.74. The van der Waals surface area contributed by atoms with Crippen LogP contribution in [0.3, 0.4) is 0 Å². The molecule has 0 unspecified atom stereocenters. The highest BCUT2D eigenvalue weighted by atomic mass is 35.5. The van der Waals surface area contributed by atoms with Crippen LogP contribution in [0.25, 0.3) is 0 Å². The minimum Gasteiger partial charge on any atom is -0.354 e. The summed E-state index contributed by atoms with van der Waals surface area (Å²) in [6.45, 7) is 7.39. The number of rotatable bonds is 12. The second-order valence-electron chi connectivity index (χ2n) is 9.67. The Bertz CT molecular complexity index is 1450. The van der Waals surface area contributed by atoms with Gasteiger partial charge in [0.15, 0.2) is 0 Å². The monoisotopic (exact) mass is 603 g/mol. The summed E-state index contributed by atoms with van der Waals surface area (Å²) < 4.78 is 28.8. The van der Waals surface area contributed by atoms with Gasteiger partial charge in [-0.05, 0) is 80.3 Å². The molecule has 0 aliphatic carbocycles. The molecule has 2 amide bonds. The molecule has 0 aliphatic heterocycles. The summed E-state index contributed by atoms with van der Waals surface area (Å²) >= 11 is 12.5. The first-order chi connectivity index (χ1) is 18.9. The highest BCUT2D eigenvalue weighted by Gasteiger charge is 2.32. The Morgan fingerprint density at radius 3 is 2.27 bits per heavy atom. The third-order valence-corrected chi connectivity index (χ3v) is 9.12. The molecule has 0 spiro atoms. The highest BCUT2D eigenvalue weighted by Crippen LogP contribution is 2.27. The molecular formula is C30H35Cl2N3O4S. The van der Waals surface area contributed by atoms with E-state index in [1.165, 1.54) is 17.0 Å². The van der Waals surface area contributed by atoms with E-state index in [2.05, 4.69) is 5.32 Å². The van der Waals surface area contributed by atoms with Crippen molar-refractivity contribution in [3.63, 3.8) is 0 Å². The lowest BCUT2D eigenvalue weighted by atomic mass is 10.1. The Balaban J connectivity index is 2.03. The van der Waals surface area contributed by atoms with Crippen LogP contribution in [0.1, 0.15) is 43.4 Å². The van der Waals surface area contributed by atoms with E-state index in [9.17, 15) is 18.0 Å². The molecule has 0 bridgehead atoms. The van der Waals surface area contributed by atoms with Crippen LogP contribution in [0.2, 0.25) is 10.0 Å². The van der Waals surface area contributed by atoms with Gasteiger partial charge in [0.25, 0.3) is 10.0 Å². The molecule has 0 heterocycles. The van der Waals surface area contributed by atoms with Gasteiger partial charge in [0.1, 0.15) is 12.6 Å². The molecule has 1 atom stereocenters. The summed E-state index contributed by atoms with van der Waals surface area (Å²) in [6.07, 6.45) is 1.70. The largest absolute Gasteiger partial charge is 0.354 e. The van der Waals surface area contributed by atoms with E-state index in [0.29, 0.717) is 27.8 Å². The van der Waals surface area contributed by atoms with Crippen molar-refractivity contribution in [3.8, 4) is 0 Å². The number of sulfonamides is 1. The summed E-state index contributed by atoms with van der Waals surface area (Å²) in [5, 5.41) is 3.64. The zero-order valence-electron chi connectivity index (χ0n) is 23.2. The number of aryl methyl sites for hydroxylation is 2. The second-order valence-corrected chi connectivity index (χ2v) is 12.4. The minimum atomic E-state index is -4.12. The molecule has 0 saturated carbocycles. The SMILES string of the molecule is CCCCNC(=O)[C@H](C)N(Cc1ccc(Cl)cc1Cl)C(=O)CN(c1ccc(C)c(C)c1)S(=O)(=O)c1ccccc1. The fraction of sp³-hybridized carbons (Fsp3) is 0.333. The number of nitrogens with one attached hydrogen (secondary N) is 1. The Morgan fingerprint density at radius 2 is 1.65 bits per heavy atom. The van der Waals surface area contributed by atoms with E-state index >= 15 is 0 Å². The molecule has 40 heavy (non-hydrogen) atoms. The topological polar surface area (TPSA) is 86.8 Å². The molecule has 0 fully saturated rings. The maximum absolute atomic E-state index is 14.0. The Morgan fingerprint density at radius 1 is 0.950 bits per heavy atom. The number of amides is 2. The van der Waals surface area contributed by atoms with Gasteiger partial charge in [-0.15, -0.1) is 0 Å². The normalized spacial score (nSPS) is 12.1. The van der Waals surface area contributed by atoms with Crippen LogP contribution in [0.15, 0.2) is 71.6 Å². The van der Waals surface area contributed by atoms with E-state index in [0.717, 1.165) is 28.3 Å². The molecule has 3 rings (SSSR count). The van der Waals surface area contributed by atoms with Crippen molar-refractivity contribution in [3.05, 3.63) is 93.5 Å². The highest BCUT2D eigenvalue weighted by molar-refractivity contribution is 7.92. The van der Waals surface area contributed by atoms with E-state index < -0.39 is 28.5 Å². The first kappa shape index (κ1) is 31.5. The summed E-state index contributed by atoms with van der Waals surface area (Å²) in [5.74, 6) is -0.891. The van der Waals surface area contributed by atoms with Crippen LogP contribution in [0, 0.1) is 13.8 Å². The summed E-state index contributed by atoms with van der Waals surface area (Å²) in [4.78, 5) is 28.5. The number of carbonyl (C=O) groups is 2. The molecule has 0 radical (unpaired) electrons. The average molecular weight is 605 g/mol. The molecule has 0 aliphatic rings. The molecule has 7 nitrogen and oxygen atoms in total. The van der Waals surface area contributed by atoms with E-state index in [1.807, 2.05) is 26.8 Å². The van der Waals surface area contributed by atoms with Gasteiger partial charge in [0.2, 0.25) is 11.8 Å². The molecule has 1 N–H and O–H groups in total. The quantitative estimate of drug-likeness (QED) is 0.252. The second kappa shape index (κ2) is 14.0. The van der Waals surface area contributed by atoms with Crippen LogP contribution in [0.4, 0.5) is 5.69 Å². The molecule has 3 aromatic rings. The number of hydrogen-bond donors (Lipinski definition) is 1. The lowest BCUT2D eigenvalue weighted by Gasteiger charge is -2.32. The van der Waals surface area contributed by atoms with Crippen LogP contribution in [-0.2, 0) is 26.2 Å². The maximum atomic E-state index is 14.0. The number of unbranched alkanes of at least 4 members (excludes halogenated alkanes) is 1. The Kier molecular flexibility index (Phi) is 11.0. The van der Waals surface area contributed by atoms with Crippen LogP contribution >= 0.6 is 23.2 Å². The average Bonchev–Trinajstić information content (AvgIpc) is 2.93. The fourth-order valence-electron chi connectivity index (χ4n) is 4.08. The number of hydrogen-bond acceptors (Lipinski definition) is 4. The Labute approximate surface area is 247 Å². The van der Waals surface area contributed by atoms with E-state index in [-0.39, 0.29) is 17.3 Å². The van der Waals surface area contributed by atoms with Crippen LogP contribution in [-0.4, -0.2) is 44.3 Å². The summed E-state index contributed by atoms with van der Waals surface area (Å²) in [7, 11) is -4.12. The number of carbonyl (C=O) groups excluding carboxylic acids is 2. The van der Waals surface area contributed by atoms with Crippen molar-refractivity contribution >= 4 is 50.7 Å². The molecule has 10 heteroatoms. The number of anilines is 1. The predicted octanol–water partition coefficient (Wildman–Crippen LogP) is 6.14. The van der Waals surface area contributed by atoms with Crippen molar-refractivity contribution in [2.24, 2.45) is 0 Å². The van der Waals surface area contributed by atoms with Crippen molar-refractivity contribution in [2.75, 3.05) is 17.4 Å². The van der Waals surface area contributed by atoms with Gasteiger partial charge in [-0.2, -0.15) is 0 Å². The predicted molar refractivity (Wildman–Crippen MR) is 161 cm³/mol. The van der Waals surface area contributed by atoms with Gasteiger partial charge in [0, 0.05) is 23.1 Å². The zero-order chi connectivity index (χ0) is 29.4. The van der Waals surface area contributed by atoms with E-state index in [1.54, 1.807) is 55.5 Å². The maximum Gasteiger partial charge on any atom is 0.264 e. The van der Waals surface area contributed by atoms with Gasteiger partial charge < -0.3 is 10.2 Å². The molecule has 0 saturated heterocycles. The van der Waals surface area contributed by atoms with Gasteiger partial charge in [-0.3, -0.25) is 13.9 Å². The zero-order valence-corrected chi connectivity index (χ0v) is 25.5. The van der Waals surface area contributed by atoms with Gasteiger partial charge >= 0.3 is 0 Å². The minimum absolute atomic E-state index is 0.0106. The van der Waals surface area contributed by atoms with Crippen molar-refractivity contribution in [2.45, 2.75) is 58.0 Å². The lowest BCUT2D eigenvalue weighted by Crippen LogP contribution is -2.51. The number of benzene rings is 3. The van der Waals surface area contributed by atoms with Crippen LogP contribution < -0.4 is 9.62 Å². The smallest absolute Gasteiger partial charge is 0.264 e. The van der Waals surface area contributed by atoms with E-state index in [4.69, 9.17) is 23.2 Å². The van der Waals surface area contributed by atoms with Gasteiger partial charge in [-0.25, -0.2) is 8.42 Å². The first-order valence-electron chi connectivity index (χ1n) is 13.1. The van der Waals surface area contributed by atoms with Crippen molar-refractivity contribution in [1.29, 1.82) is 0 Å². The number of halogens is 2. The molecule has 3 aromatic carbocycles. The van der Waals surface area contributed by atoms with Gasteiger partial charge in [0.05, 0.1) is 10.6 Å². The number of nitrogens with zero attached hydrogens (tertiary/aromatic N) is 2. The summed E-state index contributed by atoms with van der Waals surface area (Å²) in [5.41, 5.74) is 2.80. The lowest BCUT2D eigenvalue weighted by molar-refractivity contribution is -0.139. The molecule has 214 valence electrons. The summed E-state index contributed by atoms with van der Waals surface area (Å²) in [6, 6.07) is 17.2. The molecule has 0 aromatic heterocycles. The Hall–Kier alpha value is -3.07. The van der Waals surface area contributed by atoms with Crippen LogP contribution in [0.5, 0.6) is 0 Å².